The summed E-state index contributed by atoms with van der Waals surface area (Å²) in [5.74, 6) is -1.63. The number of hydrogen-bond donors (Lipinski definition) is 1. The number of nitro groups is 1. The number of aromatic amines is 1. The average Bonchev–Trinajstić information content (AvgIpc) is 2.76. The van der Waals surface area contributed by atoms with Crippen molar-refractivity contribution in [2.75, 3.05) is 5.75 Å². The third-order valence-electron chi connectivity index (χ3n) is 4.95. The lowest BCUT2D eigenvalue weighted by atomic mass is 9.93. The van der Waals surface area contributed by atoms with E-state index in [0.717, 1.165) is 5.56 Å². The lowest BCUT2D eigenvalue weighted by Gasteiger charge is -2.17. The number of aromatic nitrogens is 2. The van der Waals surface area contributed by atoms with Gasteiger partial charge in [-0.25, -0.2) is 13.8 Å². The molecular formula is C23H21F2N3O3S. The maximum absolute atomic E-state index is 14.3. The maximum atomic E-state index is 14.3. The smallest absolute Gasteiger partial charge is 0.269 e. The van der Waals surface area contributed by atoms with Gasteiger partial charge >= 0.3 is 0 Å². The lowest BCUT2D eigenvalue weighted by molar-refractivity contribution is -0.384. The summed E-state index contributed by atoms with van der Waals surface area (Å²) in [6.45, 7) is 3.42. The molecule has 0 saturated carbocycles. The Morgan fingerprint density at radius 2 is 1.84 bits per heavy atom. The Balaban J connectivity index is 1.80. The zero-order chi connectivity index (χ0) is 23.3. The highest BCUT2D eigenvalue weighted by Gasteiger charge is 2.23. The highest BCUT2D eigenvalue weighted by Crippen LogP contribution is 2.29. The maximum Gasteiger partial charge on any atom is 0.269 e. The van der Waals surface area contributed by atoms with E-state index in [9.17, 15) is 23.7 Å². The number of nitro benzene ring substituents is 1. The van der Waals surface area contributed by atoms with Crippen LogP contribution < -0.4 is 5.56 Å². The summed E-state index contributed by atoms with van der Waals surface area (Å²) >= 11 is 1.27. The predicted molar refractivity (Wildman–Crippen MR) is 121 cm³/mol. The minimum Gasteiger partial charge on any atom is -0.301 e. The van der Waals surface area contributed by atoms with Gasteiger partial charge in [0, 0.05) is 34.9 Å². The Morgan fingerprint density at radius 3 is 2.44 bits per heavy atom. The summed E-state index contributed by atoms with van der Waals surface area (Å²) in [6.07, 6.45) is 4.01. The van der Waals surface area contributed by atoms with Gasteiger partial charge in [-0.2, -0.15) is 0 Å². The fourth-order valence-corrected chi connectivity index (χ4v) is 4.02. The fourth-order valence-electron chi connectivity index (χ4n) is 3.34. The molecule has 6 nitrogen and oxygen atoms in total. The predicted octanol–water partition coefficient (Wildman–Crippen LogP) is 5.48. The van der Waals surface area contributed by atoms with Crippen LogP contribution in [0.2, 0.25) is 0 Å². The molecule has 0 aliphatic heterocycles. The molecule has 1 atom stereocenters. The summed E-state index contributed by atoms with van der Waals surface area (Å²) in [6, 6.07) is 9.79. The quantitative estimate of drug-likeness (QED) is 0.210. The zero-order valence-electron chi connectivity index (χ0n) is 17.5. The van der Waals surface area contributed by atoms with Crippen molar-refractivity contribution in [3.05, 3.63) is 103 Å². The second kappa shape index (κ2) is 10.3. The van der Waals surface area contributed by atoms with E-state index in [1.165, 1.54) is 42.1 Å². The van der Waals surface area contributed by atoms with E-state index < -0.39 is 22.5 Å². The summed E-state index contributed by atoms with van der Waals surface area (Å²) < 4.78 is 28.6. The van der Waals surface area contributed by atoms with Gasteiger partial charge in [-0.1, -0.05) is 43.8 Å². The molecule has 0 aliphatic rings. The first-order valence-corrected chi connectivity index (χ1v) is 10.9. The van der Waals surface area contributed by atoms with Crippen LogP contribution in [0.5, 0.6) is 0 Å². The molecule has 1 aromatic heterocycles. The molecule has 1 unspecified atom stereocenters. The van der Waals surface area contributed by atoms with Crippen LogP contribution >= 0.6 is 11.8 Å². The summed E-state index contributed by atoms with van der Waals surface area (Å²) in [5.41, 5.74) is 1.11. The third-order valence-corrected chi connectivity index (χ3v) is 5.78. The Bertz CT molecular complexity index is 1190. The monoisotopic (exact) mass is 457 g/mol. The van der Waals surface area contributed by atoms with Gasteiger partial charge in [0.2, 0.25) is 0 Å². The summed E-state index contributed by atoms with van der Waals surface area (Å²) in [7, 11) is 0. The topological polar surface area (TPSA) is 88.9 Å². The van der Waals surface area contributed by atoms with E-state index in [-0.39, 0.29) is 16.8 Å². The van der Waals surface area contributed by atoms with Crippen LogP contribution in [-0.2, 0) is 6.42 Å². The molecule has 0 aliphatic carbocycles. The summed E-state index contributed by atoms with van der Waals surface area (Å²) in [4.78, 5) is 30.0. The fraction of sp³-hybridized carbons (Fsp3) is 0.217. The standard InChI is InChI=1S/C23H21F2N3O3S/c1-3-17-21(14(2)20-18(24)7-4-8-19(20)25)26-23(27-22(17)29)32-13-5-6-15-9-11-16(12-10-15)28(30)31/h4-12,14H,3,13H2,1-2H3,(H,26,27,29)/b6-5+. The van der Waals surface area contributed by atoms with Gasteiger partial charge in [-0.05, 0) is 36.2 Å². The van der Waals surface area contributed by atoms with Gasteiger partial charge in [-0.15, -0.1) is 0 Å². The number of thioether (sulfide) groups is 1. The molecule has 0 fully saturated rings. The molecule has 1 heterocycles. The number of halogens is 2. The summed E-state index contributed by atoms with van der Waals surface area (Å²) in [5, 5.41) is 11.1. The molecule has 0 bridgehead atoms. The second-order valence-electron chi connectivity index (χ2n) is 7.01. The highest BCUT2D eigenvalue weighted by molar-refractivity contribution is 7.99. The molecule has 2 aromatic carbocycles. The number of benzene rings is 2. The minimum atomic E-state index is -0.733. The largest absolute Gasteiger partial charge is 0.301 e. The Kier molecular flexibility index (Phi) is 7.53. The average molecular weight is 458 g/mol. The van der Waals surface area contributed by atoms with Crippen LogP contribution in [0, 0.1) is 21.7 Å². The Morgan fingerprint density at radius 1 is 1.19 bits per heavy atom. The number of nitrogens with zero attached hydrogens (tertiary/aromatic N) is 2. The molecule has 166 valence electrons. The van der Waals surface area contributed by atoms with Gasteiger partial charge in [-0.3, -0.25) is 14.9 Å². The first-order chi connectivity index (χ1) is 15.3. The van der Waals surface area contributed by atoms with Gasteiger partial charge in [0.15, 0.2) is 5.16 Å². The molecule has 0 saturated heterocycles. The molecule has 0 radical (unpaired) electrons. The normalized spacial score (nSPS) is 12.2. The third kappa shape index (κ3) is 5.28. The van der Waals surface area contributed by atoms with Crippen LogP contribution in [-0.4, -0.2) is 20.6 Å². The van der Waals surface area contributed by atoms with Crippen molar-refractivity contribution >= 4 is 23.5 Å². The van der Waals surface area contributed by atoms with E-state index in [1.807, 2.05) is 6.08 Å². The molecule has 0 amide bonds. The Labute approximate surface area is 187 Å². The molecule has 3 rings (SSSR count). The SMILES string of the molecule is CCc1c(C(C)c2c(F)cccc2F)nc(SC/C=C/c2ccc([N+](=O)[O-])cc2)[nH]c1=O. The second-order valence-corrected chi connectivity index (χ2v) is 8.02. The van der Waals surface area contributed by atoms with Crippen LogP contribution in [0.4, 0.5) is 14.5 Å². The van der Waals surface area contributed by atoms with Crippen LogP contribution in [0.1, 0.15) is 42.1 Å². The molecule has 32 heavy (non-hydrogen) atoms. The van der Waals surface area contributed by atoms with E-state index in [1.54, 1.807) is 32.1 Å². The van der Waals surface area contributed by atoms with Crippen molar-refractivity contribution in [3.63, 3.8) is 0 Å². The minimum absolute atomic E-state index is 0.0160. The zero-order valence-corrected chi connectivity index (χ0v) is 18.3. The van der Waals surface area contributed by atoms with Gasteiger partial charge in [0.1, 0.15) is 11.6 Å². The first kappa shape index (κ1) is 23.3. The van der Waals surface area contributed by atoms with E-state index in [4.69, 9.17) is 0 Å². The molecule has 9 heteroatoms. The van der Waals surface area contributed by atoms with Gasteiger partial charge in [0.25, 0.3) is 11.2 Å². The van der Waals surface area contributed by atoms with Crippen LogP contribution in [0.3, 0.4) is 0 Å². The molecule has 3 aromatic rings. The van der Waals surface area contributed by atoms with Crippen molar-refractivity contribution in [3.8, 4) is 0 Å². The lowest BCUT2D eigenvalue weighted by Crippen LogP contribution is -2.20. The molecular weight excluding hydrogens is 436 g/mol. The number of hydrogen-bond acceptors (Lipinski definition) is 5. The van der Waals surface area contributed by atoms with Gasteiger partial charge < -0.3 is 4.98 Å². The number of nitrogens with one attached hydrogen (secondary N) is 1. The highest BCUT2D eigenvalue weighted by atomic mass is 32.2. The van der Waals surface area contributed by atoms with E-state index >= 15 is 0 Å². The van der Waals surface area contributed by atoms with Crippen molar-refractivity contribution in [2.24, 2.45) is 0 Å². The molecule has 0 spiro atoms. The van der Waals surface area contributed by atoms with Crippen LogP contribution in [0.15, 0.2) is 58.5 Å². The Hall–Kier alpha value is -3.33. The van der Waals surface area contributed by atoms with E-state index in [0.29, 0.717) is 28.6 Å². The molecule has 1 N–H and O–H groups in total. The van der Waals surface area contributed by atoms with Crippen molar-refractivity contribution in [2.45, 2.75) is 31.3 Å². The van der Waals surface area contributed by atoms with Crippen molar-refractivity contribution in [1.29, 1.82) is 0 Å². The first-order valence-electron chi connectivity index (χ1n) is 9.92. The van der Waals surface area contributed by atoms with Crippen LogP contribution in [0.25, 0.3) is 6.08 Å². The van der Waals surface area contributed by atoms with Crippen molar-refractivity contribution < 1.29 is 13.7 Å². The van der Waals surface area contributed by atoms with Gasteiger partial charge in [0.05, 0.1) is 10.6 Å². The van der Waals surface area contributed by atoms with E-state index in [2.05, 4.69) is 9.97 Å². The number of non-ortho nitro benzene ring substituents is 1. The number of rotatable bonds is 8. The number of H-pyrrole nitrogens is 1. The van der Waals surface area contributed by atoms with Crippen molar-refractivity contribution in [1.82, 2.24) is 9.97 Å².